The Morgan fingerprint density at radius 1 is 1.13 bits per heavy atom. The van der Waals surface area contributed by atoms with Crippen molar-refractivity contribution in [3.8, 4) is 11.9 Å². The minimum Gasteiger partial charge on any atom is -0.481 e. The van der Waals surface area contributed by atoms with Gasteiger partial charge in [-0.15, -0.1) is 0 Å². The van der Waals surface area contributed by atoms with Crippen molar-refractivity contribution in [1.82, 2.24) is 19.7 Å². The molecule has 1 aromatic carbocycles. The van der Waals surface area contributed by atoms with Crippen LogP contribution in [0.4, 0.5) is 11.5 Å². The van der Waals surface area contributed by atoms with Gasteiger partial charge in [-0.2, -0.15) is 15.1 Å². The molecule has 0 saturated carbocycles. The molecule has 164 valence electrons. The molecule has 3 rings (SSSR count). The minimum absolute atomic E-state index is 0.00980. The first-order valence-corrected chi connectivity index (χ1v) is 10.6. The second-order valence-electron chi connectivity index (χ2n) is 6.58. The number of hydrogen-bond acceptors (Lipinski definition) is 8. The van der Waals surface area contributed by atoms with E-state index in [0.717, 1.165) is 5.56 Å². The van der Waals surface area contributed by atoms with Crippen molar-refractivity contribution in [3.63, 3.8) is 0 Å². The van der Waals surface area contributed by atoms with Crippen molar-refractivity contribution >= 4 is 27.4 Å². The number of aryl methyl sites for hydroxylation is 1. The van der Waals surface area contributed by atoms with Crippen molar-refractivity contribution in [2.45, 2.75) is 24.8 Å². The van der Waals surface area contributed by atoms with Gasteiger partial charge in [-0.1, -0.05) is 0 Å². The quantitative estimate of drug-likeness (QED) is 0.536. The van der Waals surface area contributed by atoms with E-state index in [1.807, 2.05) is 6.92 Å². The fourth-order valence-electron chi connectivity index (χ4n) is 2.58. The number of methoxy groups -OCH3 is 2. The lowest BCUT2D eigenvalue weighted by Crippen LogP contribution is -2.24. The number of ether oxygens (including phenoxy) is 2. The highest BCUT2D eigenvalue weighted by atomic mass is 32.2. The van der Waals surface area contributed by atoms with E-state index in [4.69, 9.17) is 9.47 Å². The first-order valence-electron chi connectivity index (χ1n) is 9.13. The van der Waals surface area contributed by atoms with Crippen LogP contribution in [0.25, 0.3) is 0 Å². The van der Waals surface area contributed by atoms with Crippen LogP contribution in [0.5, 0.6) is 11.9 Å². The Balaban J connectivity index is 1.72. The van der Waals surface area contributed by atoms with Gasteiger partial charge in [0.1, 0.15) is 6.04 Å². The molecule has 0 aliphatic rings. The van der Waals surface area contributed by atoms with Crippen molar-refractivity contribution < 1.29 is 22.7 Å². The Bertz CT molecular complexity index is 1150. The molecule has 2 aromatic heterocycles. The molecule has 11 nitrogen and oxygen atoms in total. The molecule has 1 atom stereocenters. The first kappa shape index (κ1) is 22.0. The molecule has 0 bridgehead atoms. The fourth-order valence-corrected chi connectivity index (χ4v) is 3.57. The Kier molecular flexibility index (Phi) is 6.39. The lowest BCUT2D eigenvalue weighted by atomic mass is 10.2. The van der Waals surface area contributed by atoms with Crippen molar-refractivity contribution in [2.75, 3.05) is 24.3 Å². The smallest absolute Gasteiger partial charge is 0.321 e. The van der Waals surface area contributed by atoms with Crippen LogP contribution in [0.15, 0.2) is 47.6 Å². The van der Waals surface area contributed by atoms with Crippen LogP contribution in [-0.2, 0) is 14.8 Å². The largest absolute Gasteiger partial charge is 0.481 e. The molecular weight excluding hydrogens is 424 g/mol. The second-order valence-corrected chi connectivity index (χ2v) is 8.26. The Hall–Kier alpha value is -3.67. The van der Waals surface area contributed by atoms with Crippen LogP contribution in [0, 0.1) is 6.92 Å². The second kappa shape index (κ2) is 9.00. The average molecular weight is 446 g/mol. The van der Waals surface area contributed by atoms with E-state index >= 15 is 0 Å². The van der Waals surface area contributed by atoms with Crippen LogP contribution in [0.2, 0.25) is 0 Å². The molecule has 3 aromatic rings. The van der Waals surface area contributed by atoms with Crippen LogP contribution in [-0.4, -0.2) is 48.3 Å². The number of carbonyl (C=O) groups is 1. The number of nitrogens with zero attached hydrogens (tertiary/aromatic N) is 4. The molecule has 1 amide bonds. The van der Waals surface area contributed by atoms with E-state index in [1.54, 1.807) is 24.0 Å². The Labute approximate surface area is 179 Å². The molecule has 0 radical (unpaired) electrons. The van der Waals surface area contributed by atoms with Gasteiger partial charge in [-0.05, 0) is 43.7 Å². The number of anilines is 2. The molecule has 2 heterocycles. The summed E-state index contributed by atoms with van der Waals surface area (Å²) in [6.07, 6.45) is 3.43. The molecule has 0 saturated heterocycles. The zero-order chi connectivity index (χ0) is 22.6. The minimum atomic E-state index is -3.94. The van der Waals surface area contributed by atoms with Gasteiger partial charge in [-0.25, -0.2) is 8.42 Å². The SMILES string of the molecule is COc1cc(NS(=O)(=O)c2ccc(NC(=O)C(C)n3cc(C)cn3)cc2)nc(OC)n1. The average Bonchev–Trinajstić information content (AvgIpc) is 3.19. The van der Waals surface area contributed by atoms with Crippen LogP contribution in [0.3, 0.4) is 0 Å². The zero-order valence-electron chi connectivity index (χ0n) is 17.4. The Morgan fingerprint density at radius 3 is 2.42 bits per heavy atom. The third-order valence-corrected chi connectivity index (χ3v) is 5.62. The van der Waals surface area contributed by atoms with E-state index < -0.39 is 16.1 Å². The van der Waals surface area contributed by atoms with Crippen molar-refractivity contribution in [3.05, 3.63) is 48.3 Å². The standard InChI is InChI=1S/C19H22N6O5S/c1-12-10-20-25(11-12)13(2)18(26)21-14-5-7-15(8-6-14)31(27,28)24-16-9-17(29-3)23-19(22-16)30-4/h5-11,13H,1-4H3,(H,21,26)(H,22,23,24). The van der Waals surface area contributed by atoms with Gasteiger partial charge in [0.25, 0.3) is 10.0 Å². The van der Waals surface area contributed by atoms with Crippen molar-refractivity contribution in [2.24, 2.45) is 0 Å². The molecule has 0 spiro atoms. The summed E-state index contributed by atoms with van der Waals surface area (Å²) in [4.78, 5) is 20.3. The molecular formula is C19H22N6O5S. The fraction of sp³-hybridized carbons (Fsp3) is 0.263. The predicted octanol–water partition coefficient (Wildman–Crippen LogP) is 2.00. The van der Waals surface area contributed by atoms with Crippen LogP contribution < -0.4 is 19.5 Å². The van der Waals surface area contributed by atoms with E-state index in [9.17, 15) is 13.2 Å². The summed E-state index contributed by atoms with van der Waals surface area (Å²) in [5.41, 5.74) is 1.39. The number of aromatic nitrogens is 4. The van der Waals surface area contributed by atoms with Gasteiger partial charge >= 0.3 is 6.01 Å². The molecule has 2 N–H and O–H groups in total. The molecule has 0 fully saturated rings. The highest BCUT2D eigenvalue weighted by Gasteiger charge is 2.19. The summed E-state index contributed by atoms with van der Waals surface area (Å²) in [5, 5.41) is 6.87. The molecule has 31 heavy (non-hydrogen) atoms. The van der Waals surface area contributed by atoms with E-state index in [1.165, 1.54) is 44.6 Å². The van der Waals surface area contributed by atoms with Crippen molar-refractivity contribution in [1.29, 1.82) is 0 Å². The molecule has 0 aliphatic carbocycles. The normalized spacial score (nSPS) is 12.1. The number of amides is 1. The monoisotopic (exact) mass is 446 g/mol. The highest BCUT2D eigenvalue weighted by Crippen LogP contribution is 2.22. The van der Waals surface area contributed by atoms with Crippen LogP contribution >= 0.6 is 0 Å². The van der Waals surface area contributed by atoms with Gasteiger partial charge in [0, 0.05) is 18.0 Å². The predicted molar refractivity (Wildman–Crippen MR) is 113 cm³/mol. The van der Waals surface area contributed by atoms with Crippen LogP contribution in [0.1, 0.15) is 18.5 Å². The van der Waals surface area contributed by atoms with Gasteiger partial charge in [0.15, 0.2) is 5.82 Å². The molecule has 0 aliphatic heterocycles. The number of rotatable bonds is 8. The summed E-state index contributed by atoms with van der Waals surface area (Å²) in [5.74, 6) is -0.148. The topological polar surface area (TPSA) is 137 Å². The first-order chi connectivity index (χ1) is 14.7. The third kappa shape index (κ3) is 5.28. The summed E-state index contributed by atoms with van der Waals surface area (Å²) in [6.45, 7) is 3.60. The number of hydrogen-bond donors (Lipinski definition) is 2. The third-order valence-electron chi connectivity index (χ3n) is 4.25. The van der Waals surface area contributed by atoms with Gasteiger partial charge in [-0.3, -0.25) is 14.2 Å². The number of sulfonamides is 1. The molecule has 12 heteroatoms. The number of carbonyl (C=O) groups excluding carboxylic acids is 1. The number of benzene rings is 1. The van der Waals surface area contributed by atoms with Gasteiger partial charge in [0.2, 0.25) is 11.8 Å². The summed E-state index contributed by atoms with van der Waals surface area (Å²) in [6, 6.07) is 6.49. The maximum absolute atomic E-state index is 12.7. The number of nitrogens with one attached hydrogen (secondary N) is 2. The molecule has 1 unspecified atom stereocenters. The van der Waals surface area contributed by atoms with E-state index in [2.05, 4.69) is 25.1 Å². The lowest BCUT2D eigenvalue weighted by Gasteiger charge is -2.13. The summed E-state index contributed by atoms with van der Waals surface area (Å²) < 4.78 is 39.2. The van der Waals surface area contributed by atoms with Gasteiger partial charge < -0.3 is 14.8 Å². The zero-order valence-corrected chi connectivity index (χ0v) is 18.2. The van der Waals surface area contributed by atoms with Gasteiger partial charge in [0.05, 0.1) is 25.3 Å². The maximum Gasteiger partial charge on any atom is 0.321 e. The lowest BCUT2D eigenvalue weighted by molar-refractivity contribution is -0.119. The maximum atomic E-state index is 12.7. The highest BCUT2D eigenvalue weighted by molar-refractivity contribution is 7.92. The van der Waals surface area contributed by atoms with E-state index in [0.29, 0.717) is 5.69 Å². The summed E-state index contributed by atoms with van der Waals surface area (Å²) >= 11 is 0. The summed E-state index contributed by atoms with van der Waals surface area (Å²) in [7, 11) is -1.20. The van der Waals surface area contributed by atoms with E-state index in [-0.39, 0.29) is 28.5 Å². The Morgan fingerprint density at radius 2 is 1.84 bits per heavy atom.